The Morgan fingerprint density at radius 2 is 2.17 bits per heavy atom. The van der Waals surface area contributed by atoms with Crippen LogP contribution in [0.15, 0.2) is 17.3 Å². The number of aromatic nitrogens is 2. The summed E-state index contributed by atoms with van der Waals surface area (Å²) in [5, 5.41) is 14.9. The maximum Gasteiger partial charge on any atom is 0.318 e. The van der Waals surface area contributed by atoms with Gasteiger partial charge in [-0.3, -0.25) is 9.89 Å². The Balaban J connectivity index is 2.30. The highest BCUT2D eigenvalue weighted by Gasteiger charge is 2.35. The minimum Gasteiger partial charge on any atom is -0.480 e. The molecule has 8 heteroatoms. The number of aliphatic carboxylic acids is 1. The lowest BCUT2D eigenvalue weighted by atomic mass is 10.2. The van der Waals surface area contributed by atoms with Crippen molar-refractivity contribution in [1.82, 2.24) is 14.5 Å². The smallest absolute Gasteiger partial charge is 0.318 e. The lowest BCUT2D eigenvalue weighted by Crippen LogP contribution is -2.42. The highest BCUT2D eigenvalue weighted by atomic mass is 32.2. The molecule has 0 unspecified atom stereocenters. The number of rotatable bonds is 5. The Kier molecular flexibility index (Phi) is 3.67. The number of carboxylic acids is 1. The Morgan fingerprint density at radius 3 is 2.67 bits per heavy atom. The van der Waals surface area contributed by atoms with E-state index in [0.29, 0.717) is 12.8 Å². The Hall–Kier alpha value is -1.41. The average molecular weight is 273 g/mol. The number of aromatic amines is 1. The highest BCUT2D eigenvalue weighted by Crippen LogP contribution is 2.28. The third-order valence-electron chi connectivity index (χ3n) is 3.10. The Bertz CT molecular complexity index is 505. The maximum absolute atomic E-state index is 12.3. The first-order chi connectivity index (χ1) is 8.51. The normalized spacial score (nSPS) is 17.4. The predicted molar refractivity (Wildman–Crippen MR) is 62.4 cm³/mol. The van der Waals surface area contributed by atoms with Crippen LogP contribution in [-0.2, 0) is 14.8 Å². The van der Waals surface area contributed by atoms with Gasteiger partial charge in [0.1, 0.15) is 11.4 Å². The zero-order valence-electron chi connectivity index (χ0n) is 9.74. The molecule has 1 heterocycles. The minimum atomic E-state index is -3.78. The van der Waals surface area contributed by atoms with Crippen LogP contribution in [0.1, 0.15) is 25.7 Å². The molecule has 0 saturated heterocycles. The van der Waals surface area contributed by atoms with E-state index in [-0.39, 0.29) is 10.9 Å². The largest absolute Gasteiger partial charge is 0.480 e. The van der Waals surface area contributed by atoms with E-state index in [0.717, 1.165) is 17.1 Å². The average Bonchev–Trinajstić information content (AvgIpc) is 2.98. The number of carbonyl (C=O) groups is 1. The molecule has 0 aliphatic heterocycles. The summed E-state index contributed by atoms with van der Waals surface area (Å²) >= 11 is 0. The number of hydrogen-bond donors (Lipinski definition) is 2. The lowest BCUT2D eigenvalue weighted by molar-refractivity contribution is -0.137. The number of sulfonamides is 1. The summed E-state index contributed by atoms with van der Waals surface area (Å²) in [6.07, 6.45) is 5.75. The van der Waals surface area contributed by atoms with Crippen molar-refractivity contribution < 1.29 is 18.3 Å². The standard InChI is InChI=1S/C10H15N3O4S/c14-10(15)7-13(8-3-1-2-4-8)18(16,17)9-5-11-12-6-9/h5-6,8H,1-4,7H2,(H,11,12)(H,14,15). The van der Waals surface area contributed by atoms with Crippen LogP contribution in [0.4, 0.5) is 0 Å². The molecule has 100 valence electrons. The van der Waals surface area contributed by atoms with Gasteiger partial charge in [-0.2, -0.15) is 9.40 Å². The highest BCUT2D eigenvalue weighted by molar-refractivity contribution is 7.89. The van der Waals surface area contributed by atoms with Crippen LogP contribution in [-0.4, -0.2) is 46.6 Å². The summed E-state index contributed by atoms with van der Waals surface area (Å²) in [6.45, 7) is -0.502. The second kappa shape index (κ2) is 5.07. The van der Waals surface area contributed by atoms with Crippen LogP contribution in [0.3, 0.4) is 0 Å². The molecule has 0 atom stereocenters. The van der Waals surface area contributed by atoms with Gasteiger partial charge in [0, 0.05) is 12.2 Å². The zero-order valence-corrected chi connectivity index (χ0v) is 10.6. The van der Waals surface area contributed by atoms with Gasteiger partial charge >= 0.3 is 5.97 Å². The SMILES string of the molecule is O=C(O)CN(C1CCCC1)S(=O)(=O)c1cn[nH]c1. The number of nitrogens with one attached hydrogen (secondary N) is 1. The van der Waals surface area contributed by atoms with E-state index in [9.17, 15) is 13.2 Å². The van der Waals surface area contributed by atoms with Crippen molar-refractivity contribution in [3.8, 4) is 0 Å². The molecular weight excluding hydrogens is 258 g/mol. The molecule has 2 rings (SSSR count). The molecule has 0 radical (unpaired) electrons. The Morgan fingerprint density at radius 1 is 1.50 bits per heavy atom. The van der Waals surface area contributed by atoms with Gasteiger partial charge in [0.25, 0.3) is 0 Å². The topological polar surface area (TPSA) is 103 Å². The minimum absolute atomic E-state index is 0.00986. The first kappa shape index (κ1) is 13.0. The van der Waals surface area contributed by atoms with E-state index in [1.165, 1.54) is 12.4 Å². The van der Waals surface area contributed by atoms with Crippen LogP contribution in [0.5, 0.6) is 0 Å². The number of nitrogens with zero attached hydrogens (tertiary/aromatic N) is 2. The van der Waals surface area contributed by atoms with Crippen molar-refractivity contribution in [2.75, 3.05) is 6.54 Å². The first-order valence-electron chi connectivity index (χ1n) is 5.74. The fraction of sp³-hybridized carbons (Fsp3) is 0.600. The van der Waals surface area contributed by atoms with E-state index in [1.54, 1.807) is 0 Å². The van der Waals surface area contributed by atoms with Gasteiger partial charge < -0.3 is 5.11 Å². The molecule has 0 amide bonds. The van der Waals surface area contributed by atoms with Crippen LogP contribution in [0.2, 0.25) is 0 Å². The molecule has 0 aromatic carbocycles. The van der Waals surface area contributed by atoms with Gasteiger partial charge in [-0.25, -0.2) is 8.42 Å². The third kappa shape index (κ3) is 2.54. The van der Waals surface area contributed by atoms with Gasteiger partial charge in [-0.05, 0) is 12.8 Å². The number of carboxylic acid groups (broad SMARTS) is 1. The van der Waals surface area contributed by atoms with Crippen molar-refractivity contribution in [1.29, 1.82) is 0 Å². The summed E-state index contributed by atoms with van der Waals surface area (Å²) in [5.41, 5.74) is 0. The van der Waals surface area contributed by atoms with Gasteiger partial charge in [0.2, 0.25) is 10.0 Å². The van der Waals surface area contributed by atoms with Crippen molar-refractivity contribution in [3.63, 3.8) is 0 Å². The number of hydrogen-bond acceptors (Lipinski definition) is 4. The van der Waals surface area contributed by atoms with Crippen LogP contribution >= 0.6 is 0 Å². The predicted octanol–water partition coefficient (Wildman–Crippen LogP) is 0.428. The van der Waals surface area contributed by atoms with Gasteiger partial charge in [0.05, 0.1) is 6.20 Å². The van der Waals surface area contributed by atoms with Crippen molar-refractivity contribution in [2.24, 2.45) is 0 Å². The quantitative estimate of drug-likeness (QED) is 0.809. The van der Waals surface area contributed by atoms with E-state index < -0.39 is 22.5 Å². The molecule has 1 fully saturated rings. The summed E-state index contributed by atoms with van der Waals surface area (Å²) in [7, 11) is -3.78. The summed E-state index contributed by atoms with van der Waals surface area (Å²) < 4.78 is 25.7. The molecule has 1 aromatic rings. The van der Waals surface area contributed by atoms with Gasteiger partial charge in [0.15, 0.2) is 0 Å². The monoisotopic (exact) mass is 273 g/mol. The second-order valence-corrected chi connectivity index (χ2v) is 6.21. The van der Waals surface area contributed by atoms with Gasteiger partial charge in [-0.1, -0.05) is 12.8 Å². The number of H-pyrrole nitrogens is 1. The van der Waals surface area contributed by atoms with Crippen LogP contribution < -0.4 is 0 Å². The zero-order chi connectivity index (χ0) is 13.2. The molecule has 0 bridgehead atoms. The van der Waals surface area contributed by atoms with Crippen LogP contribution in [0, 0.1) is 0 Å². The molecule has 2 N–H and O–H groups in total. The summed E-state index contributed by atoms with van der Waals surface area (Å²) in [6, 6.07) is -0.221. The molecule has 18 heavy (non-hydrogen) atoms. The van der Waals surface area contributed by atoms with Crippen molar-refractivity contribution in [3.05, 3.63) is 12.4 Å². The molecule has 0 spiro atoms. The van der Waals surface area contributed by atoms with E-state index in [4.69, 9.17) is 5.11 Å². The Labute approximate surface area is 105 Å². The van der Waals surface area contributed by atoms with Crippen LogP contribution in [0.25, 0.3) is 0 Å². The van der Waals surface area contributed by atoms with E-state index >= 15 is 0 Å². The molecule has 1 aromatic heterocycles. The van der Waals surface area contributed by atoms with Crippen molar-refractivity contribution in [2.45, 2.75) is 36.6 Å². The third-order valence-corrected chi connectivity index (χ3v) is 4.97. The fourth-order valence-corrected chi connectivity index (χ4v) is 3.79. The summed E-state index contributed by atoms with van der Waals surface area (Å²) in [5.74, 6) is -1.14. The molecule has 7 nitrogen and oxygen atoms in total. The fourth-order valence-electron chi connectivity index (χ4n) is 2.25. The first-order valence-corrected chi connectivity index (χ1v) is 7.18. The molecular formula is C10H15N3O4S. The molecule has 1 aliphatic carbocycles. The maximum atomic E-state index is 12.3. The second-order valence-electron chi connectivity index (χ2n) is 4.32. The lowest BCUT2D eigenvalue weighted by Gasteiger charge is -2.25. The van der Waals surface area contributed by atoms with E-state index in [2.05, 4.69) is 10.2 Å². The molecule has 1 saturated carbocycles. The van der Waals surface area contributed by atoms with Crippen molar-refractivity contribution >= 4 is 16.0 Å². The van der Waals surface area contributed by atoms with Gasteiger partial charge in [-0.15, -0.1) is 0 Å². The van der Waals surface area contributed by atoms with E-state index in [1.807, 2.05) is 0 Å². The molecule has 1 aliphatic rings. The summed E-state index contributed by atoms with van der Waals surface area (Å²) in [4.78, 5) is 10.9.